The SMILES string of the molecule is COc1ccc(/C=C2\SC(=S)N(c3cccc(C)c3)C2=O)cc1OC. The average Bonchev–Trinajstić information content (AvgIpc) is 2.88. The number of hydrogen-bond donors (Lipinski definition) is 0. The maximum Gasteiger partial charge on any atom is 0.270 e. The molecule has 0 N–H and O–H groups in total. The summed E-state index contributed by atoms with van der Waals surface area (Å²) in [6.07, 6.45) is 1.82. The number of methoxy groups -OCH3 is 2. The Morgan fingerprint density at radius 2 is 1.84 bits per heavy atom. The number of amides is 1. The summed E-state index contributed by atoms with van der Waals surface area (Å²) in [6, 6.07) is 13.3. The summed E-state index contributed by atoms with van der Waals surface area (Å²) in [5.41, 5.74) is 2.72. The fourth-order valence-corrected chi connectivity index (χ4v) is 3.85. The van der Waals surface area contributed by atoms with Crippen LogP contribution in [-0.4, -0.2) is 24.4 Å². The number of hydrogen-bond acceptors (Lipinski definition) is 5. The second-order valence-corrected chi connectivity index (χ2v) is 7.15. The molecule has 1 aliphatic heterocycles. The number of nitrogens with zero attached hydrogens (tertiary/aromatic N) is 1. The van der Waals surface area contributed by atoms with Crippen molar-refractivity contribution in [2.75, 3.05) is 19.1 Å². The standard InChI is InChI=1S/C19H17NO3S2/c1-12-5-4-6-14(9-12)20-18(21)17(25-19(20)24)11-13-7-8-15(22-2)16(10-13)23-3/h4-11H,1-3H3/b17-11-. The van der Waals surface area contributed by atoms with E-state index in [9.17, 15) is 4.79 Å². The van der Waals surface area contributed by atoms with Crippen LogP contribution in [0.5, 0.6) is 11.5 Å². The van der Waals surface area contributed by atoms with Gasteiger partial charge in [-0.1, -0.05) is 42.2 Å². The van der Waals surface area contributed by atoms with E-state index in [1.807, 2.05) is 55.5 Å². The number of thioether (sulfide) groups is 1. The van der Waals surface area contributed by atoms with Gasteiger partial charge in [-0.2, -0.15) is 0 Å². The molecule has 0 aromatic heterocycles. The zero-order valence-corrected chi connectivity index (χ0v) is 15.7. The summed E-state index contributed by atoms with van der Waals surface area (Å²) in [7, 11) is 3.17. The Kier molecular flexibility index (Phi) is 5.11. The molecule has 0 bridgehead atoms. The van der Waals surface area contributed by atoms with Gasteiger partial charge in [0.2, 0.25) is 0 Å². The molecule has 128 valence electrons. The molecule has 6 heteroatoms. The largest absolute Gasteiger partial charge is 0.493 e. The molecule has 0 saturated carbocycles. The van der Waals surface area contributed by atoms with E-state index in [2.05, 4.69) is 0 Å². The zero-order chi connectivity index (χ0) is 18.0. The van der Waals surface area contributed by atoms with Crippen molar-refractivity contribution in [3.63, 3.8) is 0 Å². The molecule has 0 aliphatic carbocycles. The molecule has 0 unspecified atom stereocenters. The first kappa shape index (κ1) is 17.5. The first-order valence-electron chi connectivity index (χ1n) is 7.60. The molecule has 1 fully saturated rings. The van der Waals surface area contributed by atoms with Crippen LogP contribution in [0.3, 0.4) is 0 Å². The number of ether oxygens (including phenoxy) is 2. The van der Waals surface area contributed by atoms with Gasteiger partial charge in [0.15, 0.2) is 15.8 Å². The van der Waals surface area contributed by atoms with E-state index in [1.54, 1.807) is 19.1 Å². The average molecular weight is 371 g/mol. The van der Waals surface area contributed by atoms with E-state index in [0.29, 0.717) is 20.7 Å². The van der Waals surface area contributed by atoms with Crippen LogP contribution in [0, 0.1) is 6.92 Å². The highest BCUT2D eigenvalue weighted by Crippen LogP contribution is 2.37. The number of anilines is 1. The lowest BCUT2D eigenvalue weighted by Crippen LogP contribution is -2.27. The molecule has 0 atom stereocenters. The second-order valence-electron chi connectivity index (χ2n) is 5.47. The maximum absolute atomic E-state index is 12.8. The first-order valence-corrected chi connectivity index (χ1v) is 8.82. The number of benzene rings is 2. The summed E-state index contributed by atoms with van der Waals surface area (Å²) in [4.78, 5) is 15.0. The molecule has 1 amide bonds. The van der Waals surface area contributed by atoms with Gasteiger partial charge in [0, 0.05) is 0 Å². The van der Waals surface area contributed by atoms with E-state index in [-0.39, 0.29) is 5.91 Å². The summed E-state index contributed by atoms with van der Waals surface area (Å²) in [5, 5.41) is 0. The molecular formula is C19H17NO3S2. The van der Waals surface area contributed by atoms with Crippen molar-refractivity contribution < 1.29 is 14.3 Å². The Bertz CT molecular complexity index is 877. The van der Waals surface area contributed by atoms with Crippen LogP contribution in [0.15, 0.2) is 47.4 Å². The van der Waals surface area contributed by atoms with Crippen LogP contribution < -0.4 is 14.4 Å². The van der Waals surface area contributed by atoms with Crippen molar-refractivity contribution in [3.8, 4) is 11.5 Å². The Morgan fingerprint density at radius 1 is 1.08 bits per heavy atom. The molecule has 4 nitrogen and oxygen atoms in total. The Labute approximate surface area is 156 Å². The molecule has 0 radical (unpaired) electrons. The minimum absolute atomic E-state index is 0.115. The van der Waals surface area contributed by atoms with Gasteiger partial charge in [-0.05, 0) is 48.4 Å². The minimum Gasteiger partial charge on any atom is -0.493 e. The quantitative estimate of drug-likeness (QED) is 0.588. The van der Waals surface area contributed by atoms with E-state index in [0.717, 1.165) is 16.8 Å². The van der Waals surface area contributed by atoms with E-state index in [4.69, 9.17) is 21.7 Å². The molecule has 2 aromatic carbocycles. The topological polar surface area (TPSA) is 38.8 Å². The number of thiocarbonyl (C=S) groups is 1. The monoisotopic (exact) mass is 371 g/mol. The van der Waals surface area contributed by atoms with Crippen molar-refractivity contribution in [2.24, 2.45) is 0 Å². The highest BCUT2D eigenvalue weighted by Gasteiger charge is 2.33. The maximum atomic E-state index is 12.8. The lowest BCUT2D eigenvalue weighted by Gasteiger charge is -2.14. The molecule has 3 rings (SSSR count). The third-order valence-electron chi connectivity index (χ3n) is 3.76. The predicted molar refractivity (Wildman–Crippen MR) is 106 cm³/mol. The van der Waals surface area contributed by atoms with Crippen molar-refractivity contribution >= 4 is 46.0 Å². The number of carbonyl (C=O) groups excluding carboxylic acids is 1. The molecule has 2 aromatic rings. The number of aryl methyl sites for hydroxylation is 1. The molecule has 1 heterocycles. The predicted octanol–water partition coefficient (Wildman–Crippen LogP) is 4.42. The van der Waals surface area contributed by atoms with Gasteiger partial charge >= 0.3 is 0 Å². The normalized spacial score (nSPS) is 15.8. The molecule has 1 aliphatic rings. The van der Waals surface area contributed by atoms with Gasteiger partial charge in [0.05, 0.1) is 24.8 Å². The highest BCUT2D eigenvalue weighted by atomic mass is 32.2. The number of carbonyl (C=O) groups is 1. The zero-order valence-electron chi connectivity index (χ0n) is 14.1. The van der Waals surface area contributed by atoms with Crippen molar-refractivity contribution in [1.29, 1.82) is 0 Å². The molecule has 0 spiro atoms. The van der Waals surface area contributed by atoms with Crippen LogP contribution in [0.25, 0.3) is 6.08 Å². The van der Waals surface area contributed by atoms with Gasteiger partial charge < -0.3 is 9.47 Å². The third-order valence-corrected chi connectivity index (χ3v) is 5.06. The fraction of sp³-hybridized carbons (Fsp3) is 0.158. The van der Waals surface area contributed by atoms with E-state index < -0.39 is 0 Å². The van der Waals surface area contributed by atoms with Crippen molar-refractivity contribution in [3.05, 3.63) is 58.5 Å². The van der Waals surface area contributed by atoms with Gasteiger partial charge in [-0.15, -0.1) is 0 Å². The summed E-state index contributed by atoms with van der Waals surface area (Å²) in [6.45, 7) is 1.99. The fourth-order valence-electron chi connectivity index (χ4n) is 2.55. The molecule has 25 heavy (non-hydrogen) atoms. The van der Waals surface area contributed by atoms with Crippen LogP contribution in [0.4, 0.5) is 5.69 Å². The Morgan fingerprint density at radius 3 is 2.52 bits per heavy atom. The van der Waals surface area contributed by atoms with Crippen LogP contribution in [0.1, 0.15) is 11.1 Å². The third kappa shape index (κ3) is 3.55. The van der Waals surface area contributed by atoms with Crippen LogP contribution in [-0.2, 0) is 4.79 Å². The summed E-state index contributed by atoms with van der Waals surface area (Å²) >= 11 is 6.70. The highest BCUT2D eigenvalue weighted by molar-refractivity contribution is 8.27. The van der Waals surface area contributed by atoms with E-state index >= 15 is 0 Å². The summed E-state index contributed by atoms with van der Waals surface area (Å²) < 4.78 is 11.1. The van der Waals surface area contributed by atoms with Crippen LogP contribution >= 0.6 is 24.0 Å². The Balaban J connectivity index is 1.93. The van der Waals surface area contributed by atoms with Crippen LogP contribution in [0.2, 0.25) is 0 Å². The second kappa shape index (κ2) is 7.29. The van der Waals surface area contributed by atoms with Gasteiger partial charge in [-0.25, -0.2) is 0 Å². The van der Waals surface area contributed by atoms with E-state index in [1.165, 1.54) is 11.8 Å². The minimum atomic E-state index is -0.115. The smallest absolute Gasteiger partial charge is 0.270 e. The molecular weight excluding hydrogens is 354 g/mol. The Hall–Kier alpha value is -2.31. The first-order chi connectivity index (χ1) is 12.0. The van der Waals surface area contributed by atoms with Gasteiger partial charge in [0.25, 0.3) is 5.91 Å². The number of rotatable bonds is 4. The van der Waals surface area contributed by atoms with Crippen molar-refractivity contribution in [1.82, 2.24) is 0 Å². The lowest BCUT2D eigenvalue weighted by molar-refractivity contribution is -0.113. The van der Waals surface area contributed by atoms with Crippen molar-refractivity contribution in [2.45, 2.75) is 6.92 Å². The lowest BCUT2D eigenvalue weighted by atomic mass is 10.1. The van der Waals surface area contributed by atoms with Gasteiger partial charge in [0.1, 0.15) is 0 Å². The molecule has 1 saturated heterocycles. The van der Waals surface area contributed by atoms with Gasteiger partial charge in [-0.3, -0.25) is 9.69 Å². The summed E-state index contributed by atoms with van der Waals surface area (Å²) in [5.74, 6) is 1.15.